The zero-order chi connectivity index (χ0) is 9.07. The van der Waals surface area contributed by atoms with Gasteiger partial charge in [0.1, 0.15) is 0 Å². The molecule has 1 unspecified atom stereocenters. The Hall–Kier alpha value is -1.10. The molecule has 0 aromatic carbocycles. The Kier molecular flexibility index (Phi) is 3.00. The fourth-order valence-electron chi connectivity index (χ4n) is 0.524. The second-order valence-corrected chi connectivity index (χ2v) is 2.31. The van der Waals surface area contributed by atoms with Crippen molar-refractivity contribution < 1.29 is 24.5 Å². The summed E-state index contributed by atoms with van der Waals surface area (Å²) in [5.41, 5.74) is -1.62. The number of carbonyl (C=O) groups is 2. The third kappa shape index (κ3) is 2.55. The van der Waals surface area contributed by atoms with E-state index in [1.165, 1.54) is 6.92 Å². The molecule has 0 aromatic heterocycles. The number of hydrogen-bond donors (Lipinski definition) is 2. The lowest BCUT2D eigenvalue weighted by Gasteiger charge is -2.20. The summed E-state index contributed by atoms with van der Waals surface area (Å²) in [5, 5.41) is 16.8. The molecular weight excluding hydrogens is 152 g/mol. The normalized spacial score (nSPS) is 15.5. The van der Waals surface area contributed by atoms with Gasteiger partial charge in [-0.1, -0.05) is 0 Å². The van der Waals surface area contributed by atoms with Crippen LogP contribution in [-0.4, -0.2) is 34.9 Å². The van der Waals surface area contributed by atoms with Crippen LogP contribution in [0.2, 0.25) is 0 Å². The quantitative estimate of drug-likeness (QED) is 0.605. The monoisotopic (exact) mass is 162 g/mol. The molecule has 11 heavy (non-hydrogen) atoms. The summed E-state index contributed by atoms with van der Waals surface area (Å²) in [6.45, 7) is 1.21. The standard InChI is InChI=1S/C6H10O5/c1-6(11-2,5(9)10)3-4(7)8/h3H2,1-2H3,(H,7,8)(H,9,10). The largest absolute Gasteiger partial charge is 0.481 e. The van der Waals surface area contributed by atoms with Crippen LogP contribution in [0.1, 0.15) is 13.3 Å². The summed E-state index contributed by atoms with van der Waals surface area (Å²) in [7, 11) is 1.16. The van der Waals surface area contributed by atoms with Crippen molar-refractivity contribution in [3.8, 4) is 0 Å². The molecule has 0 rings (SSSR count). The Morgan fingerprint density at radius 2 is 1.91 bits per heavy atom. The highest BCUT2D eigenvalue weighted by Crippen LogP contribution is 2.13. The first-order valence-corrected chi connectivity index (χ1v) is 2.92. The Labute approximate surface area is 63.6 Å². The molecule has 0 fully saturated rings. The van der Waals surface area contributed by atoms with E-state index in [1.807, 2.05) is 0 Å². The molecule has 0 amide bonds. The number of hydrogen-bond acceptors (Lipinski definition) is 3. The molecule has 0 saturated carbocycles. The second kappa shape index (κ2) is 3.34. The molecule has 0 heterocycles. The van der Waals surface area contributed by atoms with Crippen LogP contribution in [0.25, 0.3) is 0 Å². The predicted octanol–water partition coefficient (Wildman–Crippen LogP) is -0.0492. The first-order chi connectivity index (χ1) is 4.92. The minimum absolute atomic E-state index is 0.543. The summed E-state index contributed by atoms with van der Waals surface area (Å²) < 4.78 is 4.53. The molecule has 0 aliphatic heterocycles. The topological polar surface area (TPSA) is 83.8 Å². The van der Waals surface area contributed by atoms with Gasteiger partial charge in [-0.25, -0.2) is 4.79 Å². The predicted molar refractivity (Wildman–Crippen MR) is 35.3 cm³/mol. The zero-order valence-corrected chi connectivity index (χ0v) is 6.33. The average Bonchev–Trinajstić information content (AvgIpc) is 1.86. The van der Waals surface area contributed by atoms with Crippen molar-refractivity contribution in [2.75, 3.05) is 7.11 Å². The van der Waals surface area contributed by atoms with Gasteiger partial charge in [0, 0.05) is 7.11 Å². The van der Waals surface area contributed by atoms with E-state index in [-0.39, 0.29) is 0 Å². The maximum absolute atomic E-state index is 10.4. The summed E-state index contributed by atoms with van der Waals surface area (Å²) in [6.07, 6.45) is -0.543. The third-order valence-electron chi connectivity index (χ3n) is 1.39. The van der Waals surface area contributed by atoms with Gasteiger partial charge in [-0.15, -0.1) is 0 Å². The van der Waals surface area contributed by atoms with Crippen molar-refractivity contribution in [2.45, 2.75) is 18.9 Å². The minimum Gasteiger partial charge on any atom is -0.481 e. The number of ether oxygens (including phenoxy) is 1. The number of methoxy groups -OCH3 is 1. The Morgan fingerprint density at radius 3 is 2.00 bits per heavy atom. The van der Waals surface area contributed by atoms with Crippen LogP contribution in [-0.2, 0) is 14.3 Å². The van der Waals surface area contributed by atoms with Crippen molar-refractivity contribution in [1.29, 1.82) is 0 Å². The smallest absolute Gasteiger partial charge is 0.336 e. The van der Waals surface area contributed by atoms with Gasteiger partial charge >= 0.3 is 11.9 Å². The average molecular weight is 162 g/mol. The lowest BCUT2D eigenvalue weighted by Crippen LogP contribution is -2.39. The van der Waals surface area contributed by atoms with E-state index in [0.717, 1.165) is 7.11 Å². The van der Waals surface area contributed by atoms with Crippen LogP contribution in [0.5, 0.6) is 0 Å². The Bertz CT molecular complexity index is 176. The van der Waals surface area contributed by atoms with Gasteiger partial charge in [0.2, 0.25) is 0 Å². The molecule has 0 saturated heterocycles. The number of aliphatic carboxylic acids is 2. The van der Waals surface area contributed by atoms with Crippen LogP contribution in [0.15, 0.2) is 0 Å². The lowest BCUT2D eigenvalue weighted by atomic mass is 10.0. The van der Waals surface area contributed by atoms with Crippen molar-refractivity contribution >= 4 is 11.9 Å². The molecular formula is C6H10O5. The van der Waals surface area contributed by atoms with Crippen LogP contribution in [0.3, 0.4) is 0 Å². The fraction of sp³-hybridized carbons (Fsp3) is 0.667. The first kappa shape index (κ1) is 9.90. The second-order valence-electron chi connectivity index (χ2n) is 2.31. The van der Waals surface area contributed by atoms with Crippen LogP contribution < -0.4 is 0 Å². The van der Waals surface area contributed by atoms with Gasteiger partial charge in [0.15, 0.2) is 5.60 Å². The van der Waals surface area contributed by atoms with Crippen molar-refractivity contribution in [1.82, 2.24) is 0 Å². The molecule has 2 N–H and O–H groups in total. The first-order valence-electron chi connectivity index (χ1n) is 2.92. The van der Waals surface area contributed by atoms with Crippen molar-refractivity contribution in [3.05, 3.63) is 0 Å². The van der Waals surface area contributed by atoms with Crippen LogP contribution in [0.4, 0.5) is 0 Å². The number of carboxylic acid groups (broad SMARTS) is 2. The summed E-state index contributed by atoms with van der Waals surface area (Å²) in [5.74, 6) is -2.47. The van der Waals surface area contributed by atoms with Gasteiger partial charge in [0.05, 0.1) is 6.42 Å². The van der Waals surface area contributed by atoms with Gasteiger partial charge in [0.25, 0.3) is 0 Å². The van der Waals surface area contributed by atoms with E-state index >= 15 is 0 Å². The van der Waals surface area contributed by atoms with E-state index < -0.39 is 24.0 Å². The van der Waals surface area contributed by atoms with E-state index in [2.05, 4.69) is 4.74 Å². The molecule has 0 bridgehead atoms. The third-order valence-corrected chi connectivity index (χ3v) is 1.39. The van der Waals surface area contributed by atoms with Gasteiger partial charge in [-0.2, -0.15) is 0 Å². The molecule has 0 spiro atoms. The summed E-state index contributed by atoms with van der Waals surface area (Å²) in [4.78, 5) is 20.5. The maximum atomic E-state index is 10.4. The van der Waals surface area contributed by atoms with Crippen molar-refractivity contribution in [3.63, 3.8) is 0 Å². The molecule has 5 heteroatoms. The lowest BCUT2D eigenvalue weighted by molar-refractivity contribution is -0.166. The van der Waals surface area contributed by atoms with Gasteiger partial charge in [-0.3, -0.25) is 4.79 Å². The molecule has 0 radical (unpaired) electrons. The highest BCUT2D eigenvalue weighted by atomic mass is 16.5. The highest BCUT2D eigenvalue weighted by molar-refractivity contribution is 5.83. The highest BCUT2D eigenvalue weighted by Gasteiger charge is 2.35. The zero-order valence-electron chi connectivity index (χ0n) is 6.33. The van der Waals surface area contributed by atoms with E-state index in [4.69, 9.17) is 10.2 Å². The number of rotatable bonds is 4. The summed E-state index contributed by atoms with van der Waals surface area (Å²) in [6, 6.07) is 0. The van der Waals surface area contributed by atoms with Crippen LogP contribution in [0, 0.1) is 0 Å². The SMILES string of the molecule is COC(C)(CC(=O)O)C(=O)O. The Morgan fingerprint density at radius 1 is 1.45 bits per heavy atom. The van der Waals surface area contributed by atoms with Crippen molar-refractivity contribution in [2.24, 2.45) is 0 Å². The van der Waals surface area contributed by atoms with Crippen LogP contribution >= 0.6 is 0 Å². The Balaban J connectivity index is 4.34. The molecule has 5 nitrogen and oxygen atoms in total. The molecule has 0 aromatic rings. The summed E-state index contributed by atoms with van der Waals surface area (Å²) >= 11 is 0. The molecule has 1 atom stereocenters. The fourth-order valence-corrected chi connectivity index (χ4v) is 0.524. The van der Waals surface area contributed by atoms with Gasteiger partial charge in [-0.05, 0) is 6.92 Å². The molecule has 0 aliphatic rings. The molecule has 0 aliphatic carbocycles. The maximum Gasteiger partial charge on any atom is 0.336 e. The number of carboxylic acids is 2. The van der Waals surface area contributed by atoms with E-state index in [1.54, 1.807) is 0 Å². The van der Waals surface area contributed by atoms with E-state index in [9.17, 15) is 9.59 Å². The minimum atomic E-state index is -1.62. The van der Waals surface area contributed by atoms with Gasteiger partial charge < -0.3 is 14.9 Å². The van der Waals surface area contributed by atoms with E-state index in [0.29, 0.717) is 0 Å². The molecule has 64 valence electrons.